The first kappa shape index (κ1) is 33.6. The minimum Gasteiger partial charge on any atom is -0.459 e. The van der Waals surface area contributed by atoms with Crippen LogP contribution in [0.25, 0.3) is 0 Å². The summed E-state index contributed by atoms with van der Waals surface area (Å²) in [5.74, 6) is -1.37. The molecular formula is C34H41N3O7. The Kier molecular flexibility index (Phi) is 14.2. The Balaban J connectivity index is 1.52. The molecule has 0 fully saturated rings. The maximum absolute atomic E-state index is 13.4. The summed E-state index contributed by atoms with van der Waals surface area (Å²) in [5.41, 5.74) is 2.51. The highest BCUT2D eigenvalue weighted by atomic mass is 16.6. The fourth-order valence-corrected chi connectivity index (χ4v) is 4.18. The fourth-order valence-electron chi connectivity index (χ4n) is 4.18. The number of nitrogens with one attached hydrogen (secondary N) is 3. The Morgan fingerprint density at radius 3 is 1.59 bits per heavy atom. The highest BCUT2D eigenvalue weighted by Gasteiger charge is 2.30. The molecule has 0 saturated carbocycles. The molecule has 0 aromatic heterocycles. The van der Waals surface area contributed by atoms with Crippen molar-refractivity contribution in [1.29, 1.82) is 0 Å². The summed E-state index contributed by atoms with van der Waals surface area (Å²) in [5, 5.41) is 8.07. The highest BCUT2D eigenvalue weighted by Crippen LogP contribution is 2.10. The van der Waals surface area contributed by atoms with Crippen LogP contribution in [0.5, 0.6) is 0 Å². The molecule has 0 heterocycles. The molecule has 234 valence electrons. The number of rotatable bonds is 16. The molecule has 3 amide bonds. The zero-order chi connectivity index (χ0) is 31.6. The molecule has 10 heteroatoms. The fraction of sp³-hybridized carbons (Fsp3) is 0.353. The molecule has 0 aliphatic carbocycles. The van der Waals surface area contributed by atoms with Gasteiger partial charge in [-0.05, 0) is 41.9 Å². The van der Waals surface area contributed by atoms with Crippen molar-refractivity contribution in [2.24, 2.45) is 5.92 Å². The second-order valence-electron chi connectivity index (χ2n) is 10.6. The van der Waals surface area contributed by atoms with E-state index in [4.69, 9.17) is 14.2 Å². The van der Waals surface area contributed by atoms with Crippen molar-refractivity contribution < 1.29 is 33.4 Å². The Morgan fingerprint density at radius 2 is 1.09 bits per heavy atom. The van der Waals surface area contributed by atoms with Gasteiger partial charge in [-0.1, -0.05) is 105 Å². The first-order valence-corrected chi connectivity index (χ1v) is 14.7. The quantitative estimate of drug-likeness (QED) is 0.116. The summed E-state index contributed by atoms with van der Waals surface area (Å²) in [6.07, 6.45) is -0.0426. The van der Waals surface area contributed by atoms with Gasteiger partial charge in [0.25, 0.3) is 0 Å². The van der Waals surface area contributed by atoms with Gasteiger partial charge in [-0.25, -0.2) is 14.4 Å². The van der Waals surface area contributed by atoms with Gasteiger partial charge in [0.05, 0.1) is 0 Å². The van der Waals surface area contributed by atoms with Gasteiger partial charge < -0.3 is 30.2 Å². The van der Waals surface area contributed by atoms with Crippen molar-refractivity contribution in [3.63, 3.8) is 0 Å². The summed E-state index contributed by atoms with van der Waals surface area (Å²) in [4.78, 5) is 50.9. The van der Waals surface area contributed by atoms with Crippen LogP contribution in [0.4, 0.5) is 9.59 Å². The van der Waals surface area contributed by atoms with Crippen LogP contribution in [0, 0.1) is 5.92 Å². The molecule has 3 rings (SSSR count). The van der Waals surface area contributed by atoms with Crippen molar-refractivity contribution in [1.82, 2.24) is 16.0 Å². The number of hydrogen-bond acceptors (Lipinski definition) is 7. The molecular weight excluding hydrogens is 562 g/mol. The van der Waals surface area contributed by atoms with Gasteiger partial charge in [-0.3, -0.25) is 4.79 Å². The number of carbonyl (C=O) groups excluding carboxylic acids is 4. The molecule has 0 aliphatic heterocycles. The van der Waals surface area contributed by atoms with E-state index in [0.29, 0.717) is 19.4 Å². The number of hydrogen-bond donors (Lipinski definition) is 3. The first-order chi connectivity index (χ1) is 21.3. The van der Waals surface area contributed by atoms with Crippen LogP contribution >= 0.6 is 0 Å². The van der Waals surface area contributed by atoms with Crippen LogP contribution in [0.1, 0.15) is 49.8 Å². The molecule has 0 spiro atoms. The second kappa shape index (κ2) is 18.6. The van der Waals surface area contributed by atoms with E-state index in [0.717, 1.165) is 16.7 Å². The minimum atomic E-state index is -0.980. The SMILES string of the molecule is CC(C)[C@H](NC(=O)[C@@H](CCCCNC(=O)OCc1ccccc1)NC(=O)OCc1ccccc1)C(=O)OCc1ccccc1. The van der Waals surface area contributed by atoms with Crippen LogP contribution < -0.4 is 16.0 Å². The van der Waals surface area contributed by atoms with Crippen LogP contribution in [0.2, 0.25) is 0 Å². The molecule has 0 saturated heterocycles. The summed E-state index contributed by atoms with van der Waals surface area (Å²) in [7, 11) is 0. The van der Waals surface area contributed by atoms with Gasteiger partial charge in [0, 0.05) is 6.54 Å². The molecule has 3 N–H and O–H groups in total. The Labute approximate surface area is 258 Å². The predicted octanol–water partition coefficient (Wildman–Crippen LogP) is 5.26. The summed E-state index contributed by atoms with van der Waals surface area (Å²) in [6, 6.07) is 25.9. The third-order valence-corrected chi connectivity index (χ3v) is 6.67. The van der Waals surface area contributed by atoms with E-state index in [-0.39, 0.29) is 32.2 Å². The zero-order valence-electron chi connectivity index (χ0n) is 25.2. The second-order valence-corrected chi connectivity index (χ2v) is 10.6. The molecule has 3 aromatic carbocycles. The van der Waals surface area contributed by atoms with Crippen LogP contribution in [-0.4, -0.2) is 42.7 Å². The number of unbranched alkanes of at least 4 members (excludes halogenated alkanes) is 1. The molecule has 2 atom stereocenters. The molecule has 3 aromatic rings. The Hall–Kier alpha value is -4.86. The number of esters is 1. The van der Waals surface area contributed by atoms with E-state index in [1.165, 1.54) is 0 Å². The monoisotopic (exact) mass is 603 g/mol. The summed E-state index contributed by atoms with van der Waals surface area (Å²) < 4.78 is 16.0. The molecule has 10 nitrogen and oxygen atoms in total. The topological polar surface area (TPSA) is 132 Å². The lowest BCUT2D eigenvalue weighted by Crippen LogP contribution is -2.53. The lowest BCUT2D eigenvalue weighted by atomic mass is 10.0. The Bertz CT molecular complexity index is 1300. The predicted molar refractivity (Wildman–Crippen MR) is 165 cm³/mol. The average Bonchev–Trinajstić information content (AvgIpc) is 3.04. The van der Waals surface area contributed by atoms with Crippen molar-refractivity contribution >= 4 is 24.1 Å². The van der Waals surface area contributed by atoms with Gasteiger partial charge >= 0.3 is 18.2 Å². The zero-order valence-corrected chi connectivity index (χ0v) is 25.2. The summed E-state index contributed by atoms with van der Waals surface area (Å²) >= 11 is 0. The van der Waals surface area contributed by atoms with E-state index < -0.39 is 36.1 Å². The van der Waals surface area contributed by atoms with Crippen LogP contribution in [0.15, 0.2) is 91.0 Å². The van der Waals surface area contributed by atoms with Gasteiger partial charge in [0.15, 0.2) is 0 Å². The van der Waals surface area contributed by atoms with E-state index in [1.54, 1.807) is 13.8 Å². The standard InChI is InChI=1S/C34H41N3O7/c1-25(2)30(32(39)42-22-26-14-6-3-7-15-26)37-31(38)29(36-34(41)44-24-28-18-10-5-11-19-28)20-12-13-21-35-33(40)43-23-27-16-8-4-9-17-27/h3-11,14-19,25,29-30H,12-13,20-24H2,1-2H3,(H,35,40)(H,36,41)(H,37,38)/t29-,30+/m1/s1. The van der Waals surface area contributed by atoms with Crippen molar-refractivity contribution in [2.75, 3.05) is 6.54 Å². The lowest BCUT2D eigenvalue weighted by Gasteiger charge is -2.24. The third kappa shape index (κ3) is 12.6. The van der Waals surface area contributed by atoms with Gasteiger partial charge in [-0.2, -0.15) is 0 Å². The number of carbonyl (C=O) groups is 4. The number of amides is 3. The smallest absolute Gasteiger partial charge is 0.408 e. The molecule has 0 aliphatic rings. The van der Waals surface area contributed by atoms with E-state index >= 15 is 0 Å². The maximum Gasteiger partial charge on any atom is 0.408 e. The van der Waals surface area contributed by atoms with Gasteiger partial charge in [-0.15, -0.1) is 0 Å². The van der Waals surface area contributed by atoms with Crippen LogP contribution in [0.3, 0.4) is 0 Å². The largest absolute Gasteiger partial charge is 0.459 e. The normalized spacial score (nSPS) is 12.0. The van der Waals surface area contributed by atoms with E-state index in [2.05, 4.69) is 16.0 Å². The number of benzene rings is 3. The van der Waals surface area contributed by atoms with Crippen molar-refractivity contribution in [3.8, 4) is 0 Å². The highest BCUT2D eigenvalue weighted by molar-refractivity contribution is 5.89. The molecule has 0 bridgehead atoms. The lowest BCUT2D eigenvalue weighted by molar-refractivity contribution is -0.150. The van der Waals surface area contributed by atoms with Crippen molar-refractivity contribution in [2.45, 2.75) is 65.0 Å². The maximum atomic E-state index is 13.4. The summed E-state index contributed by atoms with van der Waals surface area (Å²) in [6.45, 7) is 4.20. The molecule has 44 heavy (non-hydrogen) atoms. The van der Waals surface area contributed by atoms with E-state index in [9.17, 15) is 19.2 Å². The average molecular weight is 604 g/mol. The Morgan fingerprint density at radius 1 is 0.614 bits per heavy atom. The third-order valence-electron chi connectivity index (χ3n) is 6.67. The number of alkyl carbamates (subject to hydrolysis) is 2. The molecule has 0 unspecified atom stereocenters. The van der Waals surface area contributed by atoms with Crippen LogP contribution in [-0.2, 0) is 43.6 Å². The van der Waals surface area contributed by atoms with Crippen molar-refractivity contribution in [3.05, 3.63) is 108 Å². The first-order valence-electron chi connectivity index (χ1n) is 14.7. The van der Waals surface area contributed by atoms with Gasteiger partial charge in [0.2, 0.25) is 5.91 Å². The molecule has 0 radical (unpaired) electrons. The number of ether oxygens (including phenoxy) is 3. The minimum absolute atomic E-state index is 0.0382. The van der Waals surface area contributed by atoms with Gasteiger partial charge in [0.1, 0.15) is 31.9 Å². The van der Waals surface area contributed by atoms with E-state index in [1.807, 2.05) is 91.0 Å².